The zero-order valence-corrected chi connectivity index (χ0v) is 12.8. The van der Waals surface area contributed by atoms with E-state index in [0.717, 1.165) is 0 Å². The van der Waals surface area contributed by atoms with E-state index in [9.17, 15) is 0 Å². The summed E-state index contributed by atoms with van der Waals surface area (Å²) >= 11 is 0. The van der Waals surface area contributed by atoms with E-state index >= 15 is 0 Å². The zero-order valence-electron chi connectivity index (χ0n) is 1.79. The molecule has 0 fully saturated rings. The van der Waals surface area contributed by atoms with Gasteiger partial charge >= 0.3 is 0 Å². The van der Waals surface area contributed by atoms with E-state index in [1.165, 1.54) is 0 Å². The van der Waals surface area contributed by atoms with Crippen LogP contribution >= 0.6 is 0 Å². The van der Waals surface area contributed by atoms with Crippen LogP contribution in [-0.2, 0) is 85.0 Å². The SMILES string of the molecule is [Hg].[Mo].[Ni].[Os]. The van der Waals surface area contributed by atoms with Crippen LogP contribution in [0.25, 0.3) is 0 Å². The van der Waals surface area contributed by atoms with Gasteiger partial charge in [-0.2, -0.15) is 0 Å². The maximum Gasteiger partial charge on any atom is 0 e. The summed E-state index contributed by atoms with van der Waals surface area (Å²) in [4.78, 5) is 0. The molecule has 0 aromatic carbocycles. The summed E-state index contributed by atoms with van der Waals surface area (Å²) in [6.45, 7) is 0. The minimum absolute atomic E-state index is 0. The van der Waals surface area contributed by atoms with Gasteiger partial charge < -0.3 is 0 Å². The first-order valence-electron chi connectivity index (χ1n) is 0. The van der Waals surface area contributed by atoms with E-state index in [1.54, 1.807) is 0 Å². The topological polar surface area (TPSA) is 0 Å². The standard InChI is InChI=1S/Hg.Mo.Ni.Os. The summed E-state index contributed by atoms with van der Waals surface area (Å²) < 4.78 is 0. The molecule has 0 nitrogen and oxygen atoms in total. The first-order chi connectivity index (χ1) is 0. The van der Waals surface area contributed by atoms with Crippen molar-refractivity contribution in [1.29, 1.82) is 0 Å². The van der Waals surface area contributed by atoms with Crippen molar-refractivity contribution in [2.75, 3.05) is 0 Å². The van der Waals surface area contributed by atoms with Crippen molar-refractivity contribution in [1.82, 2.24) is 0 Å². The molecule has 0 amide bonds. The maximum absolute atomic E-state index is 0. The van der Waals surface area contributed by atoms with Crippen LogP contribution in [0.4, 0.5) is 0 Å². The summed E-state index contributed by atoms with van der Waals surface area (Å²) in [5.74, 6) is 0. The van der Waals surface area contributed by atoms with Crippen LogP contribution in [-0.4, -0.2) is 0 Å². The van der Waals surface area contributed by atoms with Gasteiger partial charge in [0, 0.05) is 85.0 Å². The normalized spacial score (nSPS) is 0. The van der Waals surface area contributed by atoms with Crippen molar-refractivity contribution in [3.8, 4) is 0 Å². The Labute approximate surface area is 83.6 Å². The molecule has 26 valence electrons. The minimum Gasteiger partial charge on any atom is 0 e. The van der Waals surface area contributed by atoms with Crippen LogP contribution < -0.4 is 0 Å². The van der Waals surface area contributed by atoms with Gasteiger partial charge in [-0.25, -0.2) is 0 Å². The van der Waals surface area contributed by atoms with Crippen molar-refractivity contribution >= 4 is 0 Å². The zero-order chi connectivity index (χ0) is 0. The van der Waals surface area contributed by atoms with Crippen molar-refractivity contribution in [2.24, 2.45) is 0 Å². The van der Waals surface area contributed by atoms with Gasteiger partial charge in [0.15, 0.2) is 0 Å². The molecule has 0 aromatic heterocycles. The molecule has 0 aliphatic carbocycles. The third-order valence-electron chi connectivity index (χ3n) is 0. The van der Waals surface area contributed by atoms with E-state index < -0.39 is 0 Å². The molecule has 0 spiro atoms. The van der Waals surface area contributed by atoms with Crippen molar-refractivity contribution < 1.29 is 85.0 Å². The Hall–Kier alpha value is 2.75. The van der Waals surface area contributed by atoms with E-state index in [0.29, 0.717) is 0 Å². The first kappa shape index (κ1) is 29.5. The Kier molecular flexibility index (Phi) is 126. The average Bonchev–Trinajstić information content (AvgIpc) is 0. The molecule has 0 heterocycles. The van der Waals surface area contributed by atoms with Gasteiger partial charge in [-0.1, -0.05) is 0 Å². The Balaban J connectivity index is 0. The summed E-state index contributed by atoms with van der Waals surface area (Å²) in [6, 6.07) is 0. The van der Waals surface area contributed by atoms with Gasteiger partial charge in [-0.15, -0.1) is 0 Å². The third kappa shape index (κ3) is 8.83. The number of hydrogen-bond donors (Lipinski definition) is 0. The first-order valence-corrected chi connectivity index (χ1v) is 0. The van der Waals surface area contributed by atoms with Crippen LogP contribution in [0.2, 0.25) is 0 Å². The van der Waals surface area contributed by atoms with Crippen molar-refractivity contribution in [3.63, 3.8) is 0 Å². The molecule has 0 N–H and O–H groups in total. The summed E-state index contributed by atoms with van der Waals surface area (Å²) in [6.07, 6.45) is 0. The number of hydrogen-bond acceptors (Lipinski definition) is 0. The second-order valence-electron chi connectivity index (χ2n) is 0. The summed E-state index contributed by atoms with van der Waals surface area (Å²) in [5.41, 5.74) is 0. The van der Waals surface area contributed by atoms with Crippen LogP contribution in [0.3, 0.4) is 0 Å². The van der Waals surface area contributed by atoms with Crippen molar-refractivity contribution in [2.45, 2.75) is 0 Å². The molecule has 0 saturated carbocycles. The van der Waals surface area contributed by atoms with Gasteiger partial charge in [0.2, 0.25) is 0 Å². The summed E-state index contributed by atoms with van der Waals surface area (Å²) in [5, 5.41) is 0. The molecule has 0 saturated heterocycles. The Morgan fingerprint density at radius 3 is 1.00 bits per heavy atom. The Morgan fingerprint density at radius 1 is 1.00 bits per heavy atom. The largest absolute Gasteiger partial charge is 0 e. The maximum atomic E-state index is 0. The third-order valence-corrected chi connectivity index (χ3v) is 0. The van der Waals surface area contributed by atoms with E-state index in [-0.39, 0.29) is 85.0 Å². The molecule has 4 heavy (non-hydrogen) atoms. The fourth-order valence-electron chi connectivity index (χ4n) is 0. The monoisotopic (exact) mass is 550 g/mol. The smallest absolute Gasteiger partial charge is 0 e. The molecule has 0 aliphatic rings. The Bertz CT molecular complexity index is 8.00. The van der Waals surface area contributed by atoms with E-state index in [1.807, 2.05) is 0 Å². The predicted octanol–water partition coefficient (Wildman–Crippen LogP) is -0.0100. The van der Waals surface area contributed by atoms with Gasteiger partial charge in [0.25, 0.3) is 0 Å². The fraction of sp³-hybridized carbons (Fsp3) is 0. The van der Waals surface area contributed by atoms with Gasteiger partial charge in [0.05, 0.1) is 0 Å². The van der Waals surface area contributed by atoms with Crippen LogP contribution in [0, 0.1) is 0 Å². The second-order valence-corrected chi connectivity index (χ2v) is 0. The fourth-order valence-corrected chi connectivity index (χ4v) is 0. The quantitative estimate of drug-likeness (QED) is 0.376. The molecule has 0 bridgehead atoms. The van der Waals surface area contributed by atoms with E-state index in [4.69, 9.17) is 0 Å². The van der Waals surface area contributed by atoms with Gasteiger partial charge in [-0.3, -0.25) is 0 Å². The predicted molar refractivity (Wildman–Crippen MR) is 0 cm³/mol. The molecule has 4 heteroatoms. The van der Waals surface area contributed by atoms with Gasteiger partial charge in [0.1, 0.15) is 0 Å². The molecule has 0 atom stereocenters. The average molecular weight is 545 g/mol. The molecule has 0 radical (unpaired) electrons. The molecule has 0 rings (SSSR count). The molecule has 0 aromatic rings. The van der Waals surface area contributed by atoms with Crippen LogP contribution in [0.1, 0.15) is 0 Å². The molecular formula is HgMoNiOs. The minimum atomic E-state index is 0. The number of rotatable bonds is 0. The molecular weight excluding hydrogens is 545 g/mol. The van der Waals surface area contributed by atoms with E-state index in [2.05, 4.69) is 0 Å². The molecule has 0 aliphatic heterocycles. The second kappa shape index (κ2) is 17.1. The van der Waals surface area contributed by atoms with Crippen molar-refractivity contribution in [3.05, 3.63) is 0 Å². The van der Waals surface area contributed by atoms with Crippen LogP contribution in [0.5, 0.6) is 0 Å². The van der Waals surface area contributed by atoms with Crippen LogP contribution in [0.15, 0.2) is 0 Å². The Morgan fingerprint density at radius 2 is 1.00 bits per heavy atom. The van der Waals surface area contributed by atoms with Gasteiger partial charge in [-0.05, 0) is 0 Å². The molecule has 0 unspecified atom stereocenters. The summed E-state index contributed by atoms with van der Waals surface area (Å²) in [7, 11) is 0.